The normalized spacial score (nSPS) is 11.7. The Bertz CT molecular complexity index is 670. The van der Waals surface area contributed by atoms with E-state index in [-0.39, 0.29) is 12.0 Å². The predicted octanol–water partition coefficient (Wildman–Crippen LogP) is 4.89. The van der Waals surface area contributed by atoms with Crippen LogP contribution in [0.25, 0.3) is 0 Å². The molecular weight excluding hydrogens is 358 g/mol. The standard InChI is InChI=1S/C18H20BrNO3/c1-4-12(2)23-15-8-5-13(6-9-15)18(21)20-14-7-10-17(22-3)16(19)11-14/h5-12H,4H2,1-3H3,(H,20,21)/t12-/m0/s1. The predicted molar refractivity (Wildman–Crippen MR) is 95.5 cm³/mol. The molecule has 0 saturated heterocycles. The number of amides is 1. The number of anilines is 1. The van der Waals surface area contributed by atoms with Crippen molar-refractivity contribution in [3.63, 3.8) is 0 Å². The van der Waals surface area contributed by atoms with Gasteiger partial charge >= 0.3 is 0 Å². The Morgan fingerprint density at radius 3 is 2.48 bits per heavy atom. The zero-order chi connectivity index (χ0) is 16.8. The van der Waals surface area contributed by atoms with Gasteiger partial charge in [0.15, 0.2) is 0 Å². The molecule has 4 nitrogen and oxygen atoms in total. The van der Waals surface area contributed by atoms with Gasteiger partial charge in [0, 0.05) is 11.3 Å². The van der Waals surface area contributed by atoms with Crippen molar-refractivity contribution in [2.24, 2.45) is 0 Å². The number of benzene rings is 2. The SMILES string of the molecule is CC[C@H](C)Oc1ccc(C(=O)Nc2ccc(OC)c(Br)c2)cc1. The van der Waals surface area contributed by atoms with Crippen LogP contribution in [0.2, 0.25) is 0 Å². The second-order valence-electron chi connectivity index (χ2n) is 5.16. The second kappa shape index (κ2) is 8.02. The first-order valence-electron chi connectivity index (χ1n) is 7.45. The van der Waals surface area contributed by atoms with Crippen molar-refractivity contribution in [2.75, 3.05) is 12.4 Å². The third-order valence-corrected chi connectivity index (χ3v) is 4.06. The van der Waals surface area contributed by atoms with E-state index in [4.69, 9.17) is 9.47 Å². The highest BCUT2D eigenvalue weighted by atomic mass is 79.9. The Morgan fingerprint density at radius 1 is 1.22 bits per heavy atom. The van der Waals surface area contributed by atoms with Gasteiger partial charge in [-0.25, -0.2) is 0 Å². The lowest BCUT2D eigenvalue weighted by Gasteiger charge is -2.13. The van der Waals surface area contributed by atoms with Crippen LogP contribution in [-0.2, 0) is 0 Å². The largest absolute Gasteiger partial charge is 0.496 e. The van der Waals surface area contributed by atoms with Gasteiger partial charge in [-0.1, -0.05) is 6.92 Å². The lowest BCUT2D eigenvalue weighted by Crippen LogP contribution is -2.12. The molecule has 0 aliphatic heterocycles. The fourth-order valence-electron chi connectivity index (χ4n) is 1.95. The van der Waals surface area contributed by atoms with Crippen LogP contribution in [0.5, 0.6) is 11.5 Å². The first-order valence-corrected chi connectivity index (χ1v) is 8.24. The summed E-state index contributed by atoms with van der Waals surface area (Å²) < 4.78 is 11.7. The number of halogens is 1. The molecule has 0 aromatic heterocycles. The number of methoxy groups -OCH3 is 1. The van der Waals surface area contributed by atoms with Crippen LogP contribution >= 0.6 is 15.9 Å². The Kier molecular flexibility index (Phi) is 6.04. The molecule has 23 heavy (non-hydrogen) atoms. The summed E-state index contributed by atoms with van der Waals surface area (Å²) in [7, 11) is 1.60. The van der Waals surface area contributed by atoms with Crippen molar-refractivity contribution in [1.29, 1.82) is 0 Å². The van der Waals surface area contributed by atoms with Crippen LogP contribution < -0.4 is 14.8 Å². The van der Waals surface area contributed by atoms with Gasteiger partial charge in [0.25, 0.3) is 5.91 Å². The zero-order valence-corrected chi connectivity index (χ0v) is 15.0. The molecule has 5 heteroatoms. The molecule has 2 aromatic rings. The maximum atomic E-state index is 12.3. The Morgan fingerprint density at radius 2 is 1.91 bits per heavy atom. The summed E-state index contributed by atoms with van der Waals surface area (Å²) in [5.74, 6) is 1.31. The van der Waals surface area contributed by atoms with Crippen LogP contribution in [0.4, 0.5) is 5.69 Å². The highest BCUT2D eigenvalue weighted by Crippen LogP contribution is 2.28. The number of hydrogen-bond donors (Lipinski definition) is 1. The third-order valence-electron chi connectivity index (χ3n) is 3.44. The molecule has 122 valence electrons. The van der Waals surface area contributed by atoms with Gasteiger partial charge in [0.1, 0.15) is 11.5 Å². The van der Waals surface area contributed by atoms with Crippen molar-refractivity contribution < 1.29 is 14.3 Å². The third kappa shape index (κ3) is 4.73. The monoisotopic (exact) mass is 377 g/mol. The van der Waals surface area contributed by atoms with Crippen LogP contribution in [0.1, 0.15) is 30.6 Å². The zero-order valence-electron chi connectivity index (χ0n) is 13.4. The van der Waals surface area contributed by atoms with E-state index in [0.717, 1.165) is 22.4 Å². The molecule has 1 N–H and O–H groups in total. The maximum absolute atomic E-state index is 12.3. The molecule has 2 rings (SSSR count). The van der Waals surface area contributed by atoms with Gasteiger partial charge in [-0.3, -0.25) is 4.79 Å². The van der Waals surface area contributed by atoms with Gasteiger partial charge in [-0.2, -0.15) is 0 Å². The molecule has 2 aromatic carbocycles. The van der Waals surface area contributed by atoms with E-state index >= 15 is 0 Å². The van der Waals surface area contributed by atoms with E-state index < -0.39 is 0 Å². The summed E-state index contributed by atoms with van der Waals surface area (Å²) in [5.41, 5.74) is 1.27. The molecule has 0 aliphatic rings. The van der Waals surface area contributed by atoms with Crippen LogP contribution in [0.3, 0.4) is 0 Å². The summed E-state index contributed by atoms with van der Waals surface area (Å²) >= 11 is 3.40. The average molecular weight is 378 g/mol. The van der Waals surface area contributed by atoms with Crippen molar-refractivity contribution in [3.8, 4) is 11.5 Å². The summed E-state index contributed by atoms with van der Waals surface area (Å²) in [5, 5.41) is 2.86. The van der Waals surface area contributed by atoms with E-state index in [0.29, 0.717) is 11.3 Å². The number of ether oxygens (including phenoxy) is 2. The molecule has 0 heterocycles. The summed E-state index contributed by atoms with van der Waals surface area (Å²) in [6.07, 6.45) is 1.10. The number of carbonyl (C=O) groups is 1. The first-order chi connectivity index (χ1) is 11.0. The van der Waals surface area contributed by atoms with E-state index in [1.54, 1.807) is 37.4 Å². The van der Waals surface area contributed by atoms with E-state index in [9.17, 15) is 4.79 Å². The van der Waals surface area contributed by atoms with Crippen molar-refractivity contribution in [3.05, 3.63) is 52.5 Å². The minimum absolute atomic E-state index is 0.159. The average Bonchev–Trinajstić information content (AvgIpc) is 2.55. The number of rotatable bonds is 6. The molecule has 1 atom stereocenters. The van der Waals surface area contributed by atoms with Crippen molar-refractivity contribution in [2.45, 2.75) is 26.4 Å². The number of hydrogen-bond acceptors (Lipinski definition) is 3. The molecule has 0 spiro atoms. The number of nitrogens with one attached hydrogen (secondary N) is 1. The van der Waals surface area contributed by atoms with Crippen molar-refractivity contribution in [1.82, 2.24) is 0 Å². The van der Waals surface area contributed by atoms with Gasteiger partial charge in [0.05, 0.1) is 17.7 Å². The van der Waals surface area contributed by atoms with Gasteiger partial charge in [-0.15, -0.1) is 0 Å². The quantitative estimate of drug-likeness (QED) is 0.779. The van der Waals surface area contributed by atoms with Gasteiger partial charge in [0.2, 0.25) is 0 Å². The molecule has 1 amide bonds. The maximum Gasteiger partial charge on any atom is 0.255 e. The molecule has 0 bridgehead atoms. The smallest absolute Gasteiger partial charge is 0.255 e. The molecular formula is C18H20BrNO3. The summed E-state index contributed by atoms with van der Waals surface area (Å²) in [6, 6.07) is 12.5. The minimum Gasteiger partial charge on any atom is -0.496 e. The highest BCUT2D eigenvalue weighted by Gasteiger charge is 2.09. The minimum atomic E-state index is -0.169. The van der Waals surface area contributed by atoms with E-state index in [1.807, 2.05) is 19.1 Å². The lowest BCUT2D eigenvalue weighted by molar-refractivity contribution is 0.102. The topological polar surface area (TPSA) is 47.6 Å². The molecule has 0 fully saturated rings. The van der Waals surface area contributed by atoms with Crippen molar-refractivity contribution >= 4 is 27.5 Å². The molecule has 0 radical (unpaired) electrons. The molecule has 0 saturated carbocycles. The molecule has 0 aliphatic carbocycles. The fraction of sp³-hybridized carbons (Fsp3) is 0.278. The fourth-order valence-corrected chi connectivity index (χ4v) is 2.49. The van der Waals surface area contributed by atoms with Crippen LogP contribution in [-0.4, -0.2) is 19.1 Å². The van der Waals surface area contributed by atoms with Gasteiger partial charge in [-0.05, 0) is 71.7 Å². The van der Waals surface area contributed by atoms with Gasteiger partial charge < -0.3 is 14.8 Å². The lowest BCUT2D eigenvalue weighted by atomic mass is 10.2. The second-order valence-corrected chi connectivity index (χ2v) is 6.02. The highest BCUT2D eigenvalue weighted by molar-refractivity contribution is 9.10. The summed E-state index contributed by atoms with van der Waals surface area (Å²) in [4.78, 5) is 12.3. The van der Waals surface area contributed by atoms with Crippen LogP contribution in [0, 0.1) is 0 Å². The Balaban J connectivity index is 2.04. The first kappa shape index (κ1) is 17.3. The van der Waals surface area contributed by atoms with Crippen LogP contribution in [0.15, 0.2) is 46.9 Å². The Hall–Kier alpha value is -2.01. The number of carbonyl (C=O) groups excluding carboxylic acids is 1. The van der Waals surface area contributed by atoms with E-state index in [2.05, 4.69) is 28.2 Å². The molecule has 0 unspecified atom stereocenters. The Labute approximate surface area is 144 Å². The van der Waals surface area contributed by atoms with E-state index in [1.165, 1.54) is 0 Å². The summed E-state index contributed by atoms with van der Waals surface area (Å²) in [6.45, 7) is 4.08.